The Morgan fingerprint density at radius 3 is 1.34 bits per heavy atom. The zero-order chi connectivity index (χ0) is 42.4. The molecule has 12 rings (SSSR count). The van der Waals surface area contributed by atoms with Gasteiger partial charge in [0.15, 0.2) is 0 Å². The van der Waals surface area contributed by atoms with Crippen LogP contribution in [-0.4, -0.2) is 4.57 Å². The number of hydrogen-bond donors (Lipinski definition) is 0. The van der Waals surface area contributed by atoms with E-state index in [4.69, 9.17) is 0 Å². The molecular formula is C62H42N2. The Hall–Kier alpha value is -8.46. The average molecular weight is 815 g/mol. The molecule has 2 heteroatoms. The molecule has 0 atom stereocenters. The summed E-state index contributed by atoms with van der Waals surface area (Å²) in [4.78, 5) is 2.45. The highest BCUT2D eigenvalue weighted by molar-refractivity contribution is 6.17. The Balaban J connectivity index is 1.10. The topological polar surface area (TPSA) is 8.17 Å². The summed E-state index contributed by atoms with van der Waals surface area (Å²) < 4.78 is 2.39. The molecule has 0 N–H and O–H groups in total. The quantitative estimate of drug-likeness (QED) is 0.139. The number of fused-ring (bicyclic) bond motifs is 6. The summed E-state index contributed by atoms with van der Waals surface area (Å²) in [5, 5.41) is 7.43. The van der Waals surface area contributed by atoms with Crippen molar-refractivity contribution in [3.63, 3.8) is 0 Å². The normalized spacial score (nSPS) is 11.4. The van der Waals surface area contributed by atoms with Gasteiger partial charge in [-0.3, -0.25) is 0 Å². The highest BCUT2D eigenvalue weighted by atomic mass is 15.1. The van der Waals surface area contributed by atoms with Crippen molar-refractivity contribution >= 4 is 60.4 Å². The number of nitrogens with zero attached hydrogens (tertiary/aromatic N) is 2. The number of aromatic nitrogens is 1. The Bertz CT molecular complexity index is 3570. The van der Waals surface area contributed by atoms with Gasteiger partial charge in [0.05, 0.1) is 16.7 Å². The Morgan fingerprint density at radius 1 is 0.281 bits per heavy atom. The molecule has 300 valence electrons. The average Bonchev–Trinajstić information content (AvgIpc) is 3.71. The van der Waals surface area contributed by atoms with Gasteiger partial charge in [0.1, 0.15) is 0 Å². The van der Waals surface area contributed by atoms with Crippen LogP contribution in [0, 0.1) is 0 Å². The van der Waals surface area contributed by atoms with E-state index >= 15 is 0 Å². The van der Waals surface area contributed by atoms with Gasteiger partial charge in [-0.05, 0) is 121 Å². The Morgan fingerprint density at radius 2 is 0.734 bits per heavy atom. The molecule has 0 aliphatic heterocycles. The van der Waals surface area contributed by atoms with Crippen LogP contribution >= 0.6 is 0 Å². The third-order valence-corrected chi connectivity index (χ3v) is 12.8. The fourth-order valence-electron chi connectivity index (χ4n) is 9.80. The molecule has 0 unspecified atom stereocenters. The van der Waals surface area contributed by atoms with Crippen molar-refractivity contribution in [1.82, 2.24) is 4.57 Å². The van der Waals surface area contributed by atoms with E-state index in [1.807, 2.05) is 0 Å². The Labute approximate surface area is 373 Å². The van der Waals surface area contributed by atoms with Crippen molar-refractivity contribution in [2.24, 2.45) is 0 Å². The predicted molar refractivity (Wildman–Crippen MR) is 272 cm³/mol. The van der Waals surface area contributed by atoms with Gasteiger partial charge in [-0.1, -0.05) is 194 Å². The molecule has 0 aliphatic carbocycles. The number of para-hydroxylation sites is 2. The molecular weight excluding hydrogens is 773 g/mol. The van der Waals surface area contributed by atoms with Crippen LogP contribution in [0.2, 0.25) is 0 Å². The second-order valence-electron chi connectivity index (χ2n) is 16.5. The van der Waals surface area contributed by atoms with E-state index in [0.29, 0.717) is 0 Å². The number of anilines is 3. The zero-order valence-electron chi connectivity index (χ0n) is 35.1. The minimum absolute atomic E-state index is 1.07. The molecule has 1 heterocycles. The number of rotatable bonds is 8. The van der Waals surface area contributed by atoms with Gasteiger partial charge in [-0.15, -0.1) is 0 Å². The lowest BCUT2D eigenvalue weighted by molar-refractivity contribution is 1.17. The third kappa shape index (κ3) is 6.44. The second kappa shape index (κ2) is 15.8. The summed E-state index contributed by atoms with van der Waals surface area (Å²) in [5.74, 6) is 0. The predicted octanol–water partition coefficient (Wildman–Crippen LogP) is 17.2. The number of hydrogen-bond acceptors (Lipinski definition) is 1. The molecule has 0 saturated carbocycles. The van der Waals surface area contributed by atoms with Gasteiger partial charge in [0.25, 0.3) is 0 Å². The van der Waals surface area contributed by atoms with E-state index in [1.54, 1.807) is 0 Å². The van der Waals surface area contributed by atoms with Crippen molar-refractivity contribution in [3.8, 4) is 50.2 Å². The summed E-state index contributed by atoms with van der Waals surface area (Å²) >= 11 is 0. The van der Waals surface area contributed by atoms with Crippen LogP contribution in [0.4, 0.5) is 17.1 Å². The van der Waals surface area contributed by atoms with Crippen molar-refractivity contribution in [3.05, 3.63) is 255 Å². The van der Waals surface area contributed by atoms with Crippen LogP contribution in [-0.2, 0) is 0 Å². The minimum atomic E-state index is 1.07. The van der Waals surface area contributed by atoms with Gasteiger partial charge < -0.3 is 9.47 Å². The van der Waals surface area contributed by atoms with Gasteiger partial charge in [0.2, 0.25) is 0 Å². The standard InChI is InChI=1S/C62H42N2/c1-3-16-43(17-4-1)45-30-32-47(33-31-45)53-26-15-29-61(62(53)58-42-48-20-7-8-21-52(48)54-22-9-10-23-55(54)58)63(49-36-34-46(35-37-49)44-18-5-2-6-19-44)50-38-40-51(41-39-50)64-59-27-13-11-24-56(59)57-25-12-14-28-60(57)64/h1-42H. The highest BCUT2D eigenvalue weighted by Crippen LogP contribution is 2.49. The van der Waals surface area contributed by atoms with E-state index in [-0.39, 0.29) is 0 Å². The van der Waals surface area contributed by atoms with E-state index < -0.39 is 0 Å². The molecule has 0 saturated heterocycles. The molecule has 1 aromatic heterocycles. The van der Waals surface area contributed by atoms with E-state index in [0.717, 1.165) is 28.3 Å². The summed E-state index contributed by atoms with van der Waals surface area (Å²) in [6.45, 7) is 0. The van der Waals surface area contributed by atoms with Crippen molar-refractivity contribution in [2.75, 3.05) is 4.90 Å². The lowest BCUT2D eigenvalue weighted by Gasteiger charge is -2.30. The fourth-order valence-corrected chi connectivity index (χ4v) is 9.80. The summed E-state index contributed by atoms with van der Waals surface area (Å²) in [6.07, 6.45) is 0. The minimum Gasteiger partial charge on any atom is -0.310 e. The second-order valence-corrected chi connectivity index (χ2v) is 16.5. The SMILES string of the molecule is c1ccc(-c2ccc(-c3cccc(N(c4ccc(-c5ccccc5)cc4)c4ccc(-n5c6ccccc6c6ccccc65)cc4)c3-c3cc4ccccc4c4ccccc34)cc2)cc1. The first-order valence-corrected chi connectivity index (χ1v) is 22.0. The smallest absolute Gasteiger partial charge is 0.0546 e. The maximum atomic E-state index is 2.45. The van der Waals surface area contributed by atoms with Crippen LogP contribution in [0.25, 0.3) is 93.5 Å². The molecule has 0 radical (unpaired) electrons. The highest BCUT2D eigenvalue weighted by Gasteiger charge is 2.23. The van der Waals surface area contributed by atoms with Crippen LogP contribution in [0.1, 0.15) is 0 Å². The molecule has 0 spiro atoms. The molecule has 0 fully saturated rings. The first-order valence-electron chi connectivity index (χ1n) is 22.0. The molecule has 64 heavy (non-hydrogen) atoms. The third-order valence-electron chi connectivity index (χ3n) is 12.8. The summed E-state index contributed by atoms with van der Waals surface area (Å²) in [7, 11) is 0. The molecule has 2 nitrogen and oxygen atoms in total. The van der Waals surface area contributed by atoms with Gasteiger partial charge in [0, 0.05) is 33.4 Å². The lowest BCUT2D eigenvalue weighted by atomic mass is 9.87. The van der Waals surface area contributed by atoms with Crippen LogP contribution in [0.15, 0.2) is 255 Å². The monoisotopic (exact) mass is 814 g/mol. The lowest BCUT2D eigenvalue weighted by Crippen LogP contribution is -2.12. The van der Waals surface area contributed by atoms with Gasteiger partial charge in [-0.25, -0.2) is 0 Å². The van der Waals surface area contributed by atoms with Gasteiger partial charge in [-0.2, -0.15) is 0 Å². The van der Waals surface area contributed by atoms with Crippen molar-refractivity contribution < 1.29 is 0 Å². The first-order chi connectivity index (χ1) is 31.8. The van der Waals surface area contributed by atoms with Crippen LogP contribution < -0.4 is 4.90 Å². The van der Waals surface area contributed by atoms with Gasteiger partial charge >= 0.3 is 0 Å². The molecule has 0 amide bonds. The molecule has 0 bridgehead atoms. The van der Waals surface area contributed by atoms with Crippen LogP contribution in [0.3, 0.4) is 0 Å². The summed E-state index contributed by atoms with van der Waals surface area (Å²) in [5.41, 5.74) is 16.2. The largest absolute Gasteiger partial charge is 0.310 e. The fraction of sp³-hybridized carbons (Fsp3) is 0. The maximum absolute atomic E-state index is 2.45. The van der Waals surface area contributed by atoms with Crippen molar-refractivity contribution in [1.29, 1.82) is 0 Å². The maximum Gasteiger partial charge on any atom is 0.0546 e. The molecule has 12 aromatic rings. The molecule has 0 aliphatic rings. The van der Waals surface area contributed by atoms with Crippen molar-refractivity contribution in [2.45, 2.75) is 0 Å². The van der Waals surface area contributed by atoms with E-state index in [1.165, 1.54) is 82.3 Å². The summed E-state index contributed by atoms with van der Waals surface area (Å²) in [6, 6.07) is 92.8. The number of benzene rings is 11. The first kappa shape index (κ1) is 37.3. The molecule has 11 aromatic carbocycles. The Kier molecular flexibility index (Phi) is 9.20. The zero-order valence-corrected chi connectivity index (χ0v) is 35.1. The van der Waals surface area contributed by atoms with E-state index in [9.17, 15) is 0 Å². The van der Waals surface area contributed by atoms with Crippen LogP contribution in [0.5, 0.6) is 0 Å². The van der Waals surface area contributed by atoms with E-state index in [2.05, 4.69) is 264 Å².